The molecule has 2 heterocycles. The number of nitrogens with zero attached hydrogens (tertiary/aromatic N) is 2. The van der Waals surface area contributed by atoms with E-state index in [0.29, 0.717) is 36.1 Å². The van der Waals surface area contributed by atoms with Crippen molar-refractivity contribution in [3.05, 3.63) is 82.4 Å². The molecule has 262 valence electrons. The van der Waals surface area contributed by atoms with E-state index in [1.54, 1.807) is 32.2 Å². The summed E-state index contributed by atoms with van der Waals surface area (Å²) in [4.78, 5) is 31.0. The quantitative estimate of drug-likeness (QED) is 0.308. The van der Waals surface area contributed by atoms with E-state index >= 15 is 0 Å². The molecule has 3 atom stereocenters. The molecule has 2 aliphatic heterocycles. The van der Waals surface area contributed by atoms with Crippen LogP contribution in [0.4, 0.5) is 11.4 Å². The maximum Gasteiger partial charge on any atom is 0.264 e. The van der Waals surface area contributed by atoms with Crippen LogP contribution < -0.4 is 24.0 Å². The van der Waals surface area contributed by atoms with Gasteiger partial charge in [-0.25, -0.2) is 13.1 Å². The predicted octanol–water partition coefficient (Wildman–Crippen LogP) is 7.15. The zero-order chi connectivity index (χ0) is 34.5. The van der Waals surface area contributed by atoms with Crippen molar-refractivity contribution >= 4 is 44.8 Å². The number of nitrogens with one attached hydrogen (secondary N) is 1. The van der Waals surface area contributed by atoms with Gasteiger partial charge in [0.25, 0.3) is 5.91 Å². The molecule has 1 fully saturated rings. The summed E-state index contributed by atoms with van der Waals surface area (Å²) >= 11 is 6.36. The fourth-order valence-electron chi connectivity index (χ4n) is 7.65. The minimum Gasteiger partial charge on any atom is -0.497 e. The topological polar surface area (TPSA) is 105 Å². The number of rotatable bonds is 3. The van der Waals surface area contributed by atoms with Gasteiger partial charge in [0, 0.05) is 42.3 Å². The molecule has 49 heavy (non-hydrogen) atoms. The Morgan fingerprint density at radius 1 is 0.959 bits per heavy atom. The fraction of sp³-hybridized carbons (Fsp3) is 0.474. The summed E-state index contributed by atoms with van der Waals surface area (Å²) in [6, 6.07) is 18.7. The molecule has 9 nitrogen and oxygen atoms in total. The minimum absolute atomic E-state index is 0.0150. The lowest BCUT2D eigenvalue weighted by Crippen LogP contribution is -2.52. The van der Waals surface area contributed by atoms with Crippen molar-refractivity contribution in [3.8, 4) is 11.5 Å². The Kier molecular flexibility index (Phi) is 11.0. The Bertz CT molecular complexity index is 1770. The van der Waals surface area contributed by atoms with Crippen molar-refractivity contribution in [1.82, 2.24) is 4.72 Å². The second kappa shape index (κ2) is 15.4. The maximum absolute atomic E-state index is 13.4. The Balaban J connectivity index is 1.38. The first-order valence-electron chi connectivity index (χ1n) is 17.4. The first-order chi connectivity index (χ1) is 23.6. The molecule has 3 aromatic carbocycles. The molecule has 0 saturated heterocycles. The molecule has 2 amide bonds. The van der Waals surface area contributed by atoms with Crippen LogP contribution in [0.3, 0.4) is 0 Å². The zero-order valence-electron chi connectivity index (χ0n) is 28.3. The molecular weight excluding hydrogens is 662 g/mol. The normalized spacial score (nSPS) is 22.9. The lowest BCUT2D eigenvalue weighted by molar-refractivity contribution is -0.117. The number of ether oxygens (including phenoxy) is 2. The molecule has 0 spiro atoms. The molecule has 3 aliphatic rings. The second-order valence-electron chi connectivity index (χ2n) is 13.5. The van der Waals surface area contributed by atoms with Crippen molar-refractivity contribution in [3.63, 3.8) is 0 Å². The van der Waals surface area contributed by atoms with Gasteiger partial charge in [0.2, 0.25) is 15.9 Å². The van der Waals surface area contributed by atoms with E-state index in [1.807, 2.05) is 47.4 Å². The van der Waals surface area contributed by atoms with Crippen LogP contribution in [0.25, 0.3) is 0 Å². The molecule has 3 aromatic rings. The molecule has 1 saturated carbocycles. The summed E-state index contributed by atoms with van der Waals surface area (Å²) in [5.74, 6) is 1.13. The van der Waals surface area contributed by atoms with Crippen molar-refractivity contribution in [2.45, 2.75) is 77.4 Å². The molecular formula is C38H46ClN3O6S. The number of sulfonamides is 1. The first-order valence-corrected chi connectivity index (χ1v) is 19.4. The number of anilines is 2. The molecule has 0 unspecified atom stereocenters. The summed E-state index contributed by atoms with van der Waals surface area (Å²) in [7, 11) is -2.21. The van der Waals surface area contributed by atoms with Gasteiger partial charge in [-0.05, 0) is 123 Å². The highest BCUT2D eigenvalue weighted by Crippen LogP contribution is 2.44. The summed E-state index contributed by atoms with van der Waals surface area (Å²) < 4.78 is 40.1. The van der Waals surface area contributed by atoms with Crippen LogP contribution in [-0.4, -0.2) is 52.2 Å². The summed E-state index contributed by atoms with van der Waals surface area (Å²) in [6.45, 7) is 3.43. The third-order valence-corrected chi connectivity index (χ3v) is 11.9. The Morgan fingerprint density at radius 2 is 1.78 bits per heavy atom. The van der Waals surface area contributed by atoms with Gasteiger partial charge >= 0.3 is 0 Å². The van der Waals surface area contributed by atoms with E-state index in [1.165, 1.54) is 5.56 Å². The van der Waals surface area contributed by atoms with Crippen molar-refractivity contribution in [2.75, 3.05) is 35.8 Å². The highest BCUT2D eigenvalue weighted by molar-refractivity contribution is 7.90. The SMILES string of the molecule is COc1ccc(N(C(C)=O)[C@@H]2CCCCCS(=O)(=O)NC(=O)c3ccc4c(c3)N(CCCCc3cc(Cl)ccc3CO4)C[C@@H]3CC[C@H]32)cc1. The smallest absolute Gasteiger partial charge is 0.264 e. The van der Waals surface area contributed by atoms with Gasteiger partial charge in [-0.2, -0.15) is 0 Å². The Hall–Kier alpha value is -3.76. The summed E-state index contributed by atoms with van der Waals surface area (Å²) in [6.07, 6.45) is 7.37. The fourth-order valence-corrected chi connectivity index (χ4v) is 8.93. The van der Waals surface area contributed by atoms with Crippen LogP contribution in [-0.2, 0) is 27.8 Å². The maximum atomic E-state index is 13.4. The van der Waals surface area contributed by atoms with Gasteiger partial charge in [-0.15, -0.1) is 0 Å². The average molecular weight is 708 g/mol. The van der Waals surface area contributed by atoms with Crippen molar-refractivity contribution in [2.24, 2.45) is 11.8 Å². The van der Waals surface area contributed by atoms with E-state index in [-0.39, 0.29) is 29.2 Å². The van der Waals surface area contributed by atoms with Crippen molar-refractivity contribution in [1.29, 1.82) is 0 Å². The zero-order valence-corrected chi connectivity index (χ0v) is 29.9. The summed E-state index contributed by atoms with van der Waals surface area (Å²) in [5, 5.41) is 0.699. The number of carbonyl (C=O) groups excluding carboxylic acids is 2. The standard InChI is InChI=1S/C38H46ClN3O6S/c1-26(43)42(32-14-16-33(47-2)17-15-32)35-9-4-3-7-21-49(45,46)40-38(44)28-12-19-37-36(23-28)41(24-29-11-18-34(29)35)20-6-5-8-27-22-31(39)13-10-30(27)25-48-37/h10,12-17,19,22-23,29,34-35H,3-9,11,18,20-21,24-25H2,1-2H3,(H,40,44)/t29-,34+,35+/m0/s1. The number of hydrogen-bond acceptors (Lipinski definition) is 7. The highest BCUT2D eigenvalue weighted by Gasteiger charge is 2.42. The van der Waals surface area contributed by atoms with E-state index in [4.69, 9.17) is 21.1 Å². The highest BCUT2D eigenvalue weighted by atomic mass is 35.5. The van der Waals surface area contributed by atoms with Crippen molar-refractivity contribution < 1.29 is 27.5 Å². The van der Waals surface area contributed by atoms with Crippen LogP contribution >= 0.6 is 11.6 Å². The molecule has 11 heteroatoms. The van der Waals surface area contributed by atoms with E-state index in [0.717, 1.165) is 80.7 Å². The van der Waals surface area contributed by atoms with E-state index in [9.17, 15) is 18.0 Å². The van der Waals surface area contributed by atoms with Gasteiger partial charge in [-0.1, -0.05) is 30.5 Å². The van der Waals surface area contributed by atoms with Crippen LogP contribution in [0.15, 0.2) is 60.7 Å². The third-order valence-electron chi connectivity index (χ3n) is 10.3. The van der Waals surface area contributed by atoms with Crippen LogP contribution in [0.2, 0.25) is 5.02 Å². The van der Waals surface area contributed by atoms with Crippen LogP contribution in [0, 0.1) is 11.8 Å². The number of halogens is 1. The van der Waals surface area contributed by atoms with Gasteiger partial charge in [0.05, 0.1) is 18.6 Å². The van der Waals surface area contributed by atoms with E-state index in [2.05, 4.69) is 9.62 Å². The van der Waals surface area contributed by atoms with Crippen LogP contribution in [0.5, 0.6) is 11.5 Å². The summed E-state index contributed by atoms with van der Waals surface area (Å²) in [5.41, 5.74) is 4.11. The number of fused-ring (bicyclic) bond motifs is 3. The Morgan fingerprint density at radius 3 is 2.51 bits per heavy atom. The second-order valence-corrected chi connectivity index (χ2v) is 15.8. The van der Waals surface area contributed by atoms with Gasteiger partial charge < -0.3 is 19.3 Å². The predicted molar refractivity (Wildman–Crippen MR) is 193 cm³/mol. The molecule has 6 rings (SSSR count). The molecule has 0 radical (unpaired) electrons. The number of amides is 2. The molecule has 0 aromatic heterocycles. The minimum atomic E-state index is -3.84. The van der Waals surface area contributed by atoms with Crippen LogP contribution in [0.1, 0.15) is 79.8 Å². The van der Waals surface area contributed by atoms with Gasteiger partial charge in [0.1, 0.15) is 18.1 Å². The Labute approximate surface area is 295 Å². The lowest BCUT2D eigenvalue weighted by atomic mass is 9.67. The largest absolute Gasteiger partial charge is 0.497 e. The number of benzene rings is 3. The molecule has 1 N–H and O–H groups in total. The monoisotopic (exact) mass is 707 g/mol. The number of aryl methyl sites for hydroxylation is 1. The van der Waals surface area contributed by atoms with Gasteiger partial charge in [-0.3, -0.25) is 9.59 Å². The number of methoxy groups -OCH3 is 1. The number of hydrogen-bond donors (Lipinski definition) is 1. The lowest BCUT2D eigenvalue weighted by Gasteiger charge is -2.48. The molecule has 1 aliphatic carbocycles. The average Bonchev–Trinajstić information content (AvgIpc) is 3.09. The molecule has 2 bridgehead atoms. The third kappa shape index (κ3) is 8.35. The van der Waals surface area contributed by atoms with E-state index < -0.39 is 15.9 Å². The van der Waals surface area contributed by atoms with Gasteiger partial charge in [0.15, 0.2) is 0 Å². The first kappa shape index (κ1) is 35.1. The number of carbonyl (C=O) groups is 2.